The van der Waals surface area contributed by atoms with Crippen LogP contribution in [0.2, 0.25) is 5.02 Å². The van der Waals surface area contributed by atoms with Gasteiger partial charge in [0.15, 0.2) is 0 Å². The number of benzene rings is 3. The second kappa shape index (κ2) is 14.8. The van der Waals surface area contributed by atoms with Gasteiger partial charge in [0.05, 0.1) is 37.7 Å². The molecule has 2 N–H and O–H groups in total. The molecule has 0 radical (unpaired) electrons. The van der Waals surface area contributed by atoms with Crippen LogP contribution in [0.5, 0.6) is 0 Å². The molecular weight excluding hydrogens is 658 g/mol. The number of carbonyl (C=O) groups is 2. The number of fused-ring (bicyclic) bond motifs is 1. The summed E-state index contributed by atoms with van der Waals surface area (Å²) >= 11 is 6.23. The SMILES string of the molecule is CC[N+]([O-])(CC)/N=N\OCOC(=O)c1cccc(CNS(=O)(=O)c2cc(C(=O)NN3c4ccc([N+](=O)[O-])cc4CC3C)ccc2Cl)c1. The van der Waals surface area contributed by atoms with Crippen LogP contribution in [0.15, 0.2) is 76.1 Å². The van der Waals surface area contributed by atoms with Gasteiger partial charge < -0.3 is 14.8 Å². The van der Waals surface area contributed by atoms with Gasteiger partial charge in [-0.1, -0.05) is 23.7 Å². The number of nitro benzene ring substituents is 1. The highest BCUT2D eigenvalue weighted by atomic mass is 35.5. The maximum atomic E-state index is 13.2. The lowest BCUT2D eigenvalue weighted by atomic mass is 10.1. The highest BCUT2D eigenvalue weighted by Gasteiger charge is 2.30. The zero-order valence-corrected chi connectivity index (χ0v) is 27.2. The van der Waals surface area contributed by atoms with Crippen molar-refractivity contribution >= 4 is 44.9 Å². The highest BCUT2D eigenvalue weighted by molar-refractivity contribution is 7.89. The van der Waals surface area contributed by atoms with E-state index in [9.17, 15) is 33.3 Å². The van der Waals surface area contributed by atoms with Crippen LogP contribution >= 0.6 is 11.6 Å². The van der Waals surface area contributed by atoms with E-state index in [-0.39, 0.29) is 52.4 Å². The van der Waals surface area contributed by atoms with E-state index in [0.29, 0.717) is 23.2 Å². The molecule has 0 fully saturated rings. The number of hydrogen-bond donors (Lipinski definition) is 2. The van der Waals surface area contributed by atoms with Gasteiger partial charge in [0.25, 0.3) is 18.4 Å². The molecule has 18 heteroatoms. The van der Waals surface area contributed by atoms with Crippen molar-refractivity contribution in [2.45, 2.75) is 44.7 Å². The Bertz CT molecular complexity index is 1800. The molecule has 0 bridgehead atoms. The van der Waals surface area contributed by atoms with Gasteiger partial charge >= 0.3 is 5.97 Å². The van der Waals surface area contributed by atoms with Crippen molar-refractivity contribution in [2.75, 3.05) is 24.9 Å². The number of amides is 1. The molecule has 3 aromatic rings. The summed E-state index contributed by atoms with van der Waals surface area (Å²) in [5.41, 5.74) is 4.49. The molecule has 1 aliphatic rings. The van der Waals surface area contributed by atoms with Gasteiger partial charge in [-0.2, -0.15) is 0 Å². The van der Waals surface area contributed by atoms with Crippen LogP contribution in [0.1, 0.15) is 52.6 Å². The van der Waals surface area contributed by atoms with Crippen LogP contribution in [0.25, 0.3) is 0 Å². The van der Waals surface area contributed by atoms with Gasteiger partial charge in [-0.25, -0.2) is 22.7 Å². The number of nitro groups is 1. The molecule has 0 saturated carbocycles. The minimum atomic E-state index is -4.24. The summed E-state index contributed by atoms with van der Waals surface area (Å²) < 4.78 is 32.9. The monoisotopic (exact) mass is 689 g/mol. The Kier molecular flexibility index (Phi) is 11.1. The number of halogens is 1. The minimum absolute atomic E-state index is 0.00751. The van der Waals surface area contributed by atoms with Crippen molar-refractivity contribution < 1.29 is 37.3 Å². The minimum Gasteiger partial charge on any atom is -0.603 e. The number of hydrazine groups is 1. The largest absolute Gasteiger partial charge is 0.603 e. The standard InChI is InChI=1S/C29H32ClN7O9S/c1-4-37(42,5-2)33-34-46-18-45-29(39)22-8-6-7-20(14-22)17-31-47(43,44)27-16-21(9-11-25(27)30)28(38)32-35-19(3)13-23-15-24(36(40)41)10-12-26(23)35/h6-12,14-16,19,31H,4-5,13,17-18H2,1-3H3,(H,32,38)/b34-33-. The quantitative estimate of drug-likeness (QED) is 0.0458. The average molecular weight is 690 g/mol. The van der Waals surface area contributed by atoms with Crippen LogP contribution in [-0.4, -0.2) is 55.9 Å². The molecular formula is C29H32ClN7O9S. The smallest absolute Gasteiger partial charge is 0.341 e. The third-order valence-corrected chi connectivity index (χ3v) is 9.19. The summed E-state index contributed by atoms with van der Waals surface area (Å²) in [6.07, 6.45) is 0.459. The molecule has 16 nitrogen and oxygen atoms in total. The molecule has 250 valence electrons. The Hall–Kier alpha value is -4.68. The number of carbonyl (C=O) groups excluding carboxylic acids is 2. The van der Waals surface area contributed by atoms with Crippen LogP contribution in [-0.2, 0) is 32.6 Å². The summed E-state index contributed by atoms with van der Waals surface area (Å²) in [6, 6.07) is 13.9. The third kappa shape index (κ3) is 8.57. The molecule has 1 atom stereocenters. The molecule has 0 aromatic heterocycles. The van der Waals surface area contributed by atoms with E-state index in [1.165, 1.54) is 42.5 Å². The molecule has 1 amide bonds. The fourth-order valence-corrected chi connectivity index (χ4v) is 6.16. The van der Waals surface area contributed by atoms with Gasteiger partial charge in [-0.3, -0.25) is 25.3 Å². The lowest BCUT2D eigenvalue weighted by Gasteiger charge is -2.30. The Morgan fingerprint density at radius 1 is 1.11 bits per heavy atom. The second-order valence-electron chi connectivity index (χ2n) is 10.4. The van der Waals surface area contributed by atoms with Gasteiger partial charge in [-0.15, -0.1) is 0 Å². The van der Waals surface area contributed by atoms with E-state index in [0.717, 1.165) is 6.07 Å². The maximum Gasteiger partial charge on any atom is 0.341 e. The van der Waals surface area contributed by atoms with Crippen LogP contribution < -0.4 is 15.2 Å². The van der Waals surface area contributed by atoms with Gasteiger partial charge in [0.2, 0.25) is 10.0 Å². The van der Waals surface area contributed by atoms with E-state index in [2.05, 4.69) is 20.6 Å². The van der Waals surface area contributed by atoms with Gasteiger partial charge in [0.1, 0.15) is 18.0 Å². The Balaban J connectivity index is 1.39. The first-order valence-electron chi connectivity index (χ1n) is 14.3. The molecule has 0 aliphatic carbocycles. The number of nitrogens with zero attached hydrogens (tertiary/aromatic N) is 5. The first kappa shape index (κ1) is 35.2. The number of hydrogen-bond acceptors (Lipinski definition) is 12. The first-order valence-corrected chi connectivity index (χ1v) is 16.2. The maximum absolute atomic E-state index is 13.2. The van der Waals surface area contributed by atoms with Crippen LogP contribution in [0.4, 0.5) is 11.4 Å². The molecule has 3 aromatic carbocycles. The number of nitrogens with one attached hydrogen (secondary N) is 2. The van der Waals surface area contributed by atoms with E-state index in [4.69, 9.17) is 21.2 Å². The summed E-state index contributed by atoms with van der Waals surface area (Å²) in [5, 5.41) is 31.4. The molecule has 1 heterocycles. The molecule has 47 heavy (non-hydrogen) atoms. The summed E-state index contributed by atoms with van der Waals surface area (Å²) in [6.45, 7) is 4.59. The lowest BCUT2D eigenvalue weighted by molar-refractivity contribution is -0.890. The fraction of sp³-hybridized carbons (Fsp3) is 0.310. The van der Waals surface area contributed by atoms with Crippen molar-refractivity contribution in [2.24, 2.45) is 10.5 Å². The number of quaternary nitrogens is 1. The fourth-order valence-electron chi connectivity index (χ4n) is 4.62. The summed E-state index contributed by atoms with van der Waals surface area (Å²) in [4.78, 5) is 40.7. The number of esters is 1. The highest BCUT2D eigenvalue weighted by Crippen LogP contribution is 2.33. The van der Waals surface area contributed by atoms with Crippen molar-refractivity contribution in [3.8, 4) is 0 Å². The zero-order chi connectivity index (χ0) is 34.4. The Morgan fingerprint density at radius 2 is 1.85 bits per heavy atom. The number of ether oxygens (including phenoxy) is 1. The Labute approximate surface area is 275 Å². The molecule has 0 spiro atoms. The predicted octanol–water partition coefficient (Wildman–Crippen LogP) is 4.59. The van der Waals surface area contributed by atoms with E-state index in [1.807, 2.05) is 6.92 Å². The molecule has 1 unspecified atom stereocenters. The molecule has 4 rings (SSSR count). The topological polar surface area (TPSA) is 205 Å². The average Bonchev–Trinajstić information content (AvgIpc) is 3.37. The van der Waals surface area contributed by atoms with Crippen molar-refractivity contribution in [3.05, 3.63) is 103 Å². The number of hydroxylamine groups is 2. The van der Waals surface area contributed by atoms with Gasteiger partial charge in [0, 0.05) is 24.2 Å². The number of rotatable bonds is 14. The number of non-ortho nitro benzene ring substituents is 1. The van der Waals surface area contributed by atoms with E-state index < -0.39 is 38.4 Å². The second-order valence-corrected chi connectivity index (χ2v) is 12.6. The van der Waals surface area contributed by atoms with Crippen molar-refractivity contribution in [1.82, 2.24) is 10.1 Å². The predicted molar refractivity (Wildman–Crippen MR) is 169 cm³/mol. The number of sulfonamides is 1. The third-order valence-electron chi connectivity index (χ3n) is 7.31. The summed E-state index contributed by atoms with van der Waals surface area (Å²) in [7, 11) is -4.24. The van der Waals surface area contributed by atoms with E-state index >= 15 is 0 Å². The zero-order valence-electron chi connectivity index (χ0n) is 25.6. The Morgan fingerprint density at radius 3 is 2.55 bits per heavy atom. The van der Waals surface area contributed by atoms with Crippen LogP contribution in [0, 0.1) is 15.3 Å². The first-order chi connectivity index (χ1) is 22.3. The van der Waals surface area contributed by atoms with Gasteiger partial charge in [-0.05, 0) is 74.7 Å². The van der Waals surface area contributed by atoms with Crippen molar-refractivity contribution in [1.29, 1.82) is 0 Å². The lowest BCUT2D eigenvalue weighted by Crippen LogP contribution is -2.45. The molecule has 0 saturated heterocycles. The summed E-state index contributed by atoms with van der Waals surface area (Å²) in [5.74, 6) is -1.40. The van der Waals surface area contributed by atoms with Crippen molar-refractivity contribution in [3.63, 3.8) is 0 Å². The van der Waals surface area contributed by atoms with Crippen LogP contribution in [0.3, 0.4) is 0 Å². The number of anilines is 1. The normalized spacial score (nSPS) is 14.6. The van der Waals surface area contributed by atoms with E-state index in [1.54, 1.807) is 31.0 Å². The molecule has 1 aliphatic heterocycles.